The molecular formula is C70H135NO5. The molecule has 0 aromatic carbocycles. The van der Waals surface area contributed by atoms with Crippen LogP contribution in [0.2, 0.25) is 0 Å². The van der Waals surface area contributed by atoms with Crippen LogP contribution in [0.5, 0.6) is 0 Å². The average Bonchev–Trinajstić information content (AvgIpc) is 3.42. The highest BCUT2D eigenvalue weighted by Crippen LogP contribution is 2.18. The predicted octanol–water partition coefficient (Wildman–Crippen LogP) is 22.1. The maximum absolute atomic E-state index is 12.5. The summed E-state index contributed by atoms with van der Waals surface area (Å²) in [5, 5.41) is 23.2. The van der Waals surface area contributed by atoms with Crippen molar-refractivity contribution < 1.29 is 24.5 Å². The molecule has 0 saturated heterocycles. The lowest BCUT2D eigenvalue weighted by Crippen LogP contribution is -2.45. The Hall–Kier alpha value is -1.66. The first kappa shape index (κ1) is 74.3. The molecule has 0 saturated carbocycles. The normalized spacial score (nSPS) is 12.6. The van der Waals surface area contributed by atoms with Gasteiger partial charge < -0.3 is 20.3 Å². The van der Waals surface area contributed by atoms with E-state index in [1.165, 1.54) is 321 Å². The van der Waals surface area contributed by atoms with Gasteiger partial charge in [-0.05, 0) is 57.8 Å². The summed E-state index contributed by atoms with van der Waals surface area (Å²) in [6.07, 6.45) is 82.6. The summed E-state index contributed by atoms with van der Waals surface area (Å²) in [6, 6.07) is -0.625. The Kier molecular flexibility index (Phi) is 64.4. The van der Waals surface area contributed by atoms with Crippen LogP contribution in [0, 0.1) is 0 Å². The minimum atomic E-state index is -0.842. The number of unbranched alkanes of at least 4 members (excludes halogenated alkanes) is 52. The zero-order valence-electron chi connectivity index (χ0n) is 51.5. The van der Waals surface area contributed by atoms with Gasteiger partial charge in [0, 0.05) is 12.8 Å². The number of hydrogen-bond donors (Lipinski definition) is 3. The fourth-order valence-corrected chi connectivity index (χ4v) is 10.9. The van der Waals surface area contributed by atoms with Gasteiger partial charge in [0.05, 0.1) is 25.4 Å². The summed E-state index contributed by atoms with van der Waals surface area (Å²) >= 11 is 0. The Bertz CT molecular complexity index is 1190. The number of amides is 1. The molecule has 0 aliphatic rings. The fraction of sp³-hybridized carbons (Fsp3) is 0.914. The molecule has 450 valence electrons. The molecule has 3 N–H and O–H groups in total. The molecule has 0 bridgehead atoms. The van der Waals surface area contributed by atoms with Crippen molar-refractivity contribution in [2.45, 2.75) is 398 Å². The van der Waals surface area contributed by atoms with Crippen molar-refractivity contribution in [2.24, 2.45) is 0 Å². The van der Waals surface area contributed by atoms with Crippen molar-refractivity contribution >= 4 is 11.9 Å². The van der Waals surface area contributed by atoms with Crippen LogP contribution in [0.4, 0.5) is 0 Å². The van der Waals surface area contributed by atoms with Crippen LogP contribution >= 0.6 is 0 Å². The van der Waals surface area contributed by atoms with E-state index < -0.39 is 12.1 Å². The van der Waals surface area contributed by atoms with Crippen LogP contribution in [0.25, 0.3) is 0 Å². The minimum absolute atomic E-state index is 0.0191. The zero-order chi connectivity index (χ0) is 55.0. The number of rotatable bonds is 65. The summed E-state index contributed by atoms with van der Waals surface area (Å²) in [6.45, 7) is 4.93. The van der Waals surface area contributed by atoms with Crippen LogP contribution in [0.3, 0.4) is 0 Å². The standard InChI is InChI=1S/C70H135NO5/c1-3-5-7-9-11-13-15-17-36-39-42-46-50-54-58-62-68(73)67(66-72)71-69(74)63-59-55-51-47-43-40-37-34-32-30-28-26-24-22-20-18-19-21-23-25-27-29-31-33-35-38-41-45-49-53-57-61-65-76-70(75)64-60-56-52-48-44-16-14-12-10-8-6-4-2/h21,23,58,62,67-68,72-73H,3-20,22,24-57,59-61,63-66H2,1-2H3,(H,71,74)/b23-21-,62-58+. The first-order chi connectivity index (χ1) is 37.5. The van der Waals surface area contributed by atoms with Crippen LogP contribution in [-0.2, 0) is 14.3 Å². The number of allylic oxidation sites excluding steroid dienone is 3. The van der Waals surface area contributed by atoms with Crippen molar-refractivity contribution in [3.05, 3.63) is 24.3 Å². The molecule has 0 heterocycles. The second kappa shape index (κ2) is 65.9. The number of aliphatic hydroxyl groups excluding tert-OH is 2. The smallest absolute Gasteiger partial charge is 0.305 e. The first-order valence-electron chi connectivity index (χ1n) is 34.6. The third-order valence-corrected chi connectivity index (χ3v) is 16.2. The van der Waals surface area contributed by atoms with E-state index in [0.29, 0.717) is 19.4 Å². The molecule has 0 fully saturated rings. The lowest BCUT2D eigenvalue weighted by Gasteiger charge is -2.20. The van der Waals surface area contributed by atoms with Crippen molar-refractivity contribution in [3.8, 4) is 0 Å². The molecule has 6 heteroatoms. The van der Waals surface area contributed by atoms with E-state index in [2.05, 4.69) is 31.3 Å². The Morgan fingerprint density at radius 2 is 0.618 bits per heavy atom. The Labute approximate surface area is 475 Å². The lowest BCUT2D eigenvalue weighted by atomic mass is 10.0. The zero-order valence-corrected chi connectivity index (χ0v) is 51.5. The quantitative estimate of drug-likeness (QED) is 0.0320. The molecule has 1 amide bonds. The fourth-order valence-electron chi connectivity index (χ4n) is 10.9. The largest absolute Gasteiger partial charge is 0.466 e. The third-order valence-electron chi connectivity index (χ3n) is 16.2. The Morgan fingerprint density at radius 3 is 0.934 bits per heavy atom. The van der Waals surface area contributed by atoms with Gasteiger partial charge in [0.25, 0.3) is 0 Å². The highest BCUT2D eigenvalue weighted by Gasteiger charge is 2.18. The van der Waals surface area contributed by atoms with Gasteiger partial charge >= 0.3 is 5.97 Å². The van der Waals surface area contributed by atoms with Crippen LogP contribution < -0.4 is 5.32 Å². The maximum Gasteiger partial charge on any atom is 0.305 e. The monoisotopic (exact) mass is 1070 g/mol. The number of carbonyl (C=O) groups is 2. The first-order valence-corrected chi connectivity index (χ1v) is 34.6. The summed E-state index contributed by atoms with van der Waals surface area (Å²) < 4.78 is 5.48. The third kappa shape index (κ3) is 61.6. The number of hydrogen-bond acceptors (Lipinski definition) is 5. The van der Waals surface area contributed by atoms with Gasteiger partial charge in [-0.25, -0.2) is 0 Å². The average molecular weight is 1070 g/mol. The van der Waals surface area contributed by atoms with E-state index >= 15 is 0 Å². The van der Waals surface area contributed by atoms with Crippen LogP contribution in [0.15, 0.2) is 24.3 Å². The molecule has 2 atom stereocenters. The SMILES string of the molecule is CCCCCCCCCCCCCCC/C=C/C(O)C(CO)NC(=O)CCCCCCCCCCCCCCCCCC/C=C\CCCCCCCCCCCCCCOC(=O)CCCCCCCCCCCCCC. The van der Waals surface area contributed by atoms with Gasteiger partial charge in [0.15, 0.2) is 0 Å². The second-order valence-electron chi connectivity index (χ2n) is 23.9. The molecule has 0 aliphatic carbocycles. The molecular weight excluding hydrogens is 935 g/mol. The summed E-state index contributed by atoms with van der Waals surface area (Å²) in [5.74, 6) is -0.0439. The van der Waals surface area contributed by atoms with E-state index in [0.717, 1.165) is 38.5 Å². The summed E-state index contributed by atoms with van der Waals surface area (Å²) in [5.41, 5.74) is 0. The number of carbonyl (C=O) groups excluding carboxylic acids is 2. The molecule has 0 aromatic rings. The summed E-state index contributed by atoms with van der Waals surface area (Å²) in [4.78, 5) is 24.5. The topological polar surface area (TPSA) is 95.9 Å². The van der Waals surface area contributed by atoms with Crippen LogP contribution in [-0.4, -0.2) is 47.4 Å². The van der Waals surface area contributed by atoms with Gasteiger partial charge in [-0.2, -0.15) is 0 Å². The van der Waals surface area contributed by atoms with E-state index in [-0.39, 0.29) is 18.5 Å². The maximum atomic E-state index is 12.5. The molecule has 0 spiro atoms. The summed E-state index contributed by atoms with van der Waals surface area (Å²) in [7, 11) is 0. The highest BCUT2D eigenvalue weighted by atomic mass is 16.5. The molecule has 0 radical (unpaired) electrons. The van der Waals surface area contributed by atoms with Gasteiger partial charge in [-0.15, -0.1) is 0 Å². The Balaban J connectivity index is 3.36. The molecule has 2 unspecified atom stereocenters. The van der Waals surface area contributed by atoms with Gasteiger partial charge in [-0.1, -0.05) is 340 Å². The van der Waals surface area contributed by atoms with E-state index in [1.807, 2.05) is 6.08 Å². The molecule has 6 nitrogen and oxygen atoms in total. The van der Waals surface area contributed by atoms with E-state index in [4.69, 9.17) is 4.74 Å². The van der Waals surface area contributed by atoms with Crippen molar-refractivity contribution in [2.75, 3.05) is 13.2 Å². The highest BCUT2D eigenvalue weighted by molar-refractivity contribution is 5.76. The van der Waals surface area contributed by atoms with E-state index in [1.54, 1.807) is 6.08 Å². The lowest BCUT2D eigenvalue weighted by molar-refractivity contribution is -0.143. The second-order valence-corrected chi connectivity index (χ2v) is 23.9. The van der Waals surface area contributed by atoms with Gasteiger partial charge in [0.2, 0.25) is 5.91 Å². The van der Waals surface area contributed by atoms with Crippen molar-refractivity contribution in [1.82, 2.24) is 5.32 Å². The van der Waals surface area contributed by atoms with E-state index in [9.17, 15) is 19.8 Å². The Morgan fingerprint density at radius 1 is 0.355 bits per heavy atom. The van der Waals surface area contributed by atoms with Crippen molar-refractivity contribution in [3.63, 3.8) is 0 Å². The van der Waals surface area contributed by atoms with Gasteiger partial charge in [0.1, 0.15) is 0 Å². The number of aliphatic hydroxyl groups is 2. The number of nitrogens with one attached hydrogen (secondary N) is 1. The molecule has 0 aromatic heterocycles. The predicted molar refractivity (Wildman–Crippen MR) is 333 cm³/mol. The number of esters is 1. The number of ether oxygens (including phenoxy) is 1. The molecule has 0 rings (SSSR count). The van der Waals surface area contributed by atoms with Crippen LogP contribution in [0.1, 0.15) is 386 Å². The van der Waals surface area contributed by atoms with Gasteiger partial charge in [-0.3, -0.25) is 9.59 Å². The molecule has 76 heavy (non-hydrogen) atoms. The molecule has 0 aliphatic heterocycles. The minimum Gasteiger partial charge on any atom is -0.466 e. The van der Waals surface area contributed by atoms with Crippen molar-refractivity contribution in [1.29, 1.82) is 0 Å².